The lowest BCUT2D eigenvalue weighted by Gasteiger charge is -2.03. The van der Waals surface area contributed by atoms with Gasteiger partial charge in [0.15, 0.2) is 0 Å². The first-order valence-electron chi connectivity index (χ1n) is 7.57. The molecule has 2 N–H and O–H groups in total. The summed E-state index contributed by atoms with van der Waals surface area (Å²) >= 11 is 0. The van der Waals surface area contributed by atoms with Crippen molar-refractivity contribution < 1.29 is 9.72 Å². The predicted molar refractivity (Wildman–Crippen MR) is 94.9 cm³/mol. The Morgan fingerprint density at radius 3 is 2.77 bits per heavy atom. The van der Waals surface area contributed by atoms with Gasteiger partial charge < -0.3 is 0 Å². The normalized spacial score (nSPS) is 10.9. The second kappa shape index (κ2) is 7.34. The third-order valence-corrected chi connectivity index (χ3v) is 3.59. The number of non-ortho nitro benzene ring substituents is 1. The highest BCUT2D eigenvalue weighted by Crippen LogP contribution is 2.13. The van der Waals surface area contributed by atoms with E-state index in [-0.39, 0.29) is 17.7 Å². The van der Waals surface area contributed by atoms with Gasteiger partial charge in [0.2, 0.25) is 5.91 Å². The molecule has 0 spiro atoms. The van der Waals surface area contributed by atoms with Gasteiger partial charge in [0, 0.05) is 23.1 Å². The summed E-state index contributed by atoms with van der Waals surface area (Å²) in [6.45, 7) is 0. The van der Waals surface area contributed by atoms with E-state index in [2.05, 4.69) is 20.7 Å². The lowest BCUT2D eigenvalue weighted by Crippen LogP contribution is -2.22. The van der Waals surface area contributed by atoms with Crippen LogP contribution in [0.4, 0.5) is 5.69 Å². The van der Waals surface area contributed by atoms with Gasteiger partial charge in [-0.25, -0.2) is 10.5 Å². The van der Waals surface area contributed by atoms with Crippen LogP contribution in [0.25, 0.3) is 10.8 Å². The van der Waals surface area contributed by atoms with Gasteiger partial charge in [-0.05, 0) is 6.07 Å². The average molecular weight is 351 g/mol. The van der Waals surface area contributed by atoms with E-state index >= 15 is 0 Å². The zero-order valence-electron chi connectivity index (χ0n) is 13.4. The van der Waals surface area contributed by atoms with Crippen LogP contribution in [-0.4, -0.2) is 27.2 Å². The van der Waals surface area contributed by atoms with Crippen molar-refractivity contribution in [3.05, 3.63) is 80.3 Å². The maximum absolute atomic E-state index is 12.0. The molecule has 0 bridgehead atoms. The maximum atomic E-state index is 12.0. The van der Waals surface area contributed by atoms with Crippen molar-refractivity contribution in [1.82, 2.24) is 15.6 Å². The van der Waals surface area contributed by atoms with Crippen LogP contribution >= 0.6 is 0 Å². The van der Waals surface area contributed by atoms with Gasteiger partial charge >= 0.3 is 0 Å². The number of nitrogens with zero attached hydrogens (tertiary/aromatic N) is 3. The second-order valence-electron chi connectivity index (χ2n) is 5.37. The first kappa shape index (κ1) is 17.0. The molecule has 1 heterocycles. The number of amides is 1. The SMILES string of the molecule is O=C(Cc1n[nH]c(=O)c2ccccc12)N/N=C/c1cccc([N+](=O)[O-])c1. The molecule has 26 heavy (non-hydrogen) atoms. The summed E-state index contributed by atoms with van der Waals surface area (Å²) in [4.78, 5) is 34.0. The van der Waals surface area contributed by atoms with Crippen LogP contribution in [0.5, 0.6) is 0 Å². The molecule has 0 aliphatic rings. The van der Waals surface area contributed by atoms with Gasteiger partial charge in [0.25, 0.3) is 11.2 Å². The van der Waals surface area contributed by atoms with Crippen molar-refractivity contribution in [1.29, 1.82) is 0 Å². The number of aromatic nitrogens is 2. The predicted octanol–water partition coefficient (Wildman–Crippen LogP) is 1.52. The number of hydrogen-bond acceptors (Lipinski definition) is 6. The molecule has 1 aromatic heterocycles. The summed E-state index contributed by atoms with van der Waals surface area (Å²) in [6, 6.07) is 12.7. The van der Waals surface area contributed by atoms with Gasteiger partial charge in [-0.1, -0.05) is 30.3 Å². The zero-order valence-corrected chi connectivity index (χ0v) is 13.4. The summed E-state index contributed by atoms with van der Waals surface area (Å²) in [7, 11) is 0. The Kier molecular flexibility index (Phi) is 4.79. The molecule has 0 fully saturated rings. The van der Waals surface area contributed by atoms with Crippen molar-refractivity contribution in [2.45, 2.75) is 6.42 Å². The molecule has 3 rings (SSSR count). The number of nitrogens with one attached hydrogen (secondary N) is 2. The molecule has 0 unspecified atom stereocenters. The summed E-state index contributed by atoms with van der Waals surface area (Å²) in [5.74, 6) is -0.434. The molecule has 0 saturated carbocycles. The molecule has 9 heteroatoms. The zero-order chi connectivity index (χ0) is 18.5. The van der Waals surface area contributed by atoms with Crippen LogP contribution in [0, 0.1) is 10.1 Å². The second-order valence-corrected chi connectivity index (χ2v) is 5.37. The molecule has 1 amide bonds. The Hall–Kier alpha value is -3.88. The van der Waals surface area contributed by atoms with E-state index < -0.39 is 10.8 Å². The number of benzene rings is 2. The van der Waals surface area contributed by atoms with E-state index in [0.717, 1.165) is 0 Å². The molecule has 130 valence electrons. The monoisotopic (exact) mass is 351 g/mol. The number of carbonyl (C=O) groups excluding carboxylic acids is 1. The minimum Gasteiger partial charge on any atom is -0.273 e. The van der Waals surface area contributed by atoms with Crippen molar-refractivity contribution in [2.24, 2.45) is 5.10 Å². The van der Waals surface area contributed by atoms with Crippen molar-refractivity contribution in [2.75, 3.05) is 0 Å². The van der Waals surface area contributed by atoms with Crippen molar-refractivity contribution in [3.8, 4) is 0 Å². The summed E-state index contributed by atoms with van der Waals surface area (Å²) in [6.07, 6.45) is 1.23. The minimum atomic E-state index is -0.511. The molecule has 9 nitrogen and oxygen atoms in total. The summed E-state index contributed by atoms with van der Waals surface area (Å²) in [5, 5.41) is 21.8. The number of nitro benzene ring substituents is 1. The van der Waals surface area contributed by atoms with Gasteiger partial charge in [-0.15, -0.1) is 0 Å². The van der Waals surface area contributed by atoms with E-state index in [4.69, 9.17) is 0 Å². The summed E-state index contributed by atoms with van der Waals surface area (Å²) in [5.41, 5.74) is 2.84. The van der Waals surface area contributed by atoms with E-state index in [1.54, 1.807) is 30.3 Å². The van der Waals surface area contributed by atoms with Crippen LogP contribution < -0.4 is 11.0 Å². The molecule has 2 aromatic carbocycles. The first-order valence-corrected chi connectivity index (χ1v) is 7.57. The molecular weight excluding hydrogens is 338 g/mol. The van der Waals surface area contributed by atoms with Crippen LogP contribution in [0.3, 0.4) is 0 Å². The number of aromatic amines is 1. The molecule has 0 radical (unpaired) electrons. The fourth-order valence-electron chi connectivity index (χ4n) is 2.40. The van der Waals surface area contributed by atoms with Gasteiger partial charge in [-0.2, -0.15) is 10.2 Å². The Labute approximate surface area is 146 Å². The van der Waals surface area contributed by atoms with Crippen LogP contribution in [-0.2, 0) is 11.2 Å². The maximum Gasteiger partial charge on any atom is 0.272 e. The number of fused-ring (bicyclic) bond motifs is 1. The van der Waals surface area contributed by atoms with Crippen LogP contribution in [0.1, 0.15) is 11.3 Å². The Morgan fingerprint density at radius 2 is 2.00 bits per heavy atom. The Balaban J connectivity index is 1.70. The van der Waals surface area contributed by atoms with Crippen molar-refractivity contribution in [3.63, 3.8) is 0 Å². The highest BCUT2D eigenvalue weighted by atomic mass is 16.6. The van der Waals surface area contributed by atoms with E-state index in [1.807, 2.05) is 0 Å². The molecular formula is C17H13N5O4. The van der Waals surface area contributed by atoms with E-state index in [9.17, 15) is 19.7 Å². The average Bonchev–Trinajstić information content (AvgIpc) is 2.64. The van der Waals surface area contributed by atoms with Gasteiger partial charge in [0.1, 0.15) is 0 Å². The molecule has 0 aliphatic carbocycles. The lowest BCUT2D eigenvalue weighted by atomic mass is 10.1. The number of hydrazone groups is 1. The quantitative estimate of drug-likeness (QED) is 0.409. The topological polar surface area (TPSA) is 130 Å². The molecule has 0 aliphatic heterocycles. The molecule has 0 saturated heterocycles. The smallest absolute Gasteiger partial charge is 0.272 e. The standard InChI is InChI=1S/C17H13N5O4/c23-16(20-18-10-11-4-3-5-12(8-11)22(25)26)9-15-13-6-1-2-7-14(13)17(24)21-19-15/h1-8,10H,9H2,(H,20,23)(H,21,24)/b18-10+. The van der Waals surface area contributed by atoms with Gasteiger partial charge in [-0.3, -0.25) is 19.7 Å². The number of H-pyrrole nitrogens is 1. The number of rotatable bonds is 5. The lowest BCUT2D eigenvalue weighted by molar-refractivity contribution is -0.384. The summed E-state index contributed by atoms with van der Waals surface area (Å²) < 4.78 is 0. The van der Waals surface area contributed by atoms with E-state index in [1.165, 1.54) is 24.4 Å². The third-order valence-electron chi connectivity index (χ3n) is 3.59. The molecule has 0 atom stereocenters. The Morgan fingerprint density at radius 1 is 1.23 bits per heavy atom. The highest BCUT2D eigenvalue weighted by molar-refractivity contribution is 5.89. The van der Waals surface area contributed by atoms with Crippen molar-refractivity contribution >= 4 is 28.6 Å². The first-order chi connectivity index (χ1) is 12.5. The largest absolute Gasteiger partial charge is 0.273 e. The fourth-order valence-corrected chi connectivity index (χ4v) is 2.40. The van der Waals surface area contributed by atoms with E-state index in [0.29, 0.717) is 22.0 Å². The van der Waals surface area contributed by atoms with Crippen LogP contribution in [0.2, 0.25) is 0 Å². The third kappa shape index (κ3) is 3.78. The number of hydrogen-bond donors (Lipinski definition) is 2. The number of carbonyl (C=O) groups is 1. The molecule has 3 aromatic rings. The fraction of sp³-hybridized carbons (Fsp3) is 0.0588. The minimum absolute atomic E-state index is 0.0656. The number of nitro groups is 1. The van der Waals surface area contributed by atoms with Crippen LogP contribution in [0.15, 0.2) is 58.4 Å². The Bertz CT molecular complexity index is 1070. The van der Waals surface area contributed by atoms with Gasteiger partial charge in [0.05, 0.1) is 28.6 Å². The highest BCUT2D eigenvalue weighted by Gasteiger charge is 2.10.